The van der Waals surface area contributed by atoms with Crippen LogP contribution in [0.4, 0.5) is 0 Å². The second-order valence-electron chi connectivity index (χ2n) is 9.02. The number of nitrogens with one attached hydrogen (secondary N) is 1. The summed E-state index contributed by atoms with van der Waals surface area (Å²) in [6.45, 7) is 7.84. The summed E-state index contributed by atoms with van der Waals surface area (Å²) >= 11 is 6.44. The van der Waals surface area contributed by atoms with Crippen molar-refractivity contribution in [2.45, 2.75) is 52.7 Å². The highest BCUT2D eigenvalue weighted by molar-refractivity contribution is 6.31. The van der Waals surface area contributed by atoms with Gasteiger partial charge in [-0.15, -0.1) is 0 Å². The number of hydrogen-bond donors (Lipinski definition) is 1. The molecule has 0 aliphatic carbocycles. The molecule has 0 radical (unpaired) electrons. The topological polar surface area (TPSA) is 58.6 Å². The lowest BCUT2D eigenvalue weighted by Crippen LogP contribution is -2.52. The molecule has 5 nitrogen and oxygen atoms in total. The van der Waals surface area contributed by atoms with E-state index in [0.717, 1.165) is 22.3 Å². The summed E-state index contributed by atoms with van der Waals surface area (Å²) in [5, 5.41) is 3.52. The minimum Gasteiger partial charge on any atom is -0.484 e. The number of halogens is 1. The van der Waals surface area contributed by atoms with E-state index in [0.29, 0.717) is 17.2 Å². The third-order valence-electron chi connectivity index (χ3n) is 5.84. The average molecular weight is 493 g/mol. The lowest BCUT2D eigenvalue weighted by atomic mass is 10.0. The maximum atomic E-state index is 13.6. The molecule has 0 saturated heterocycles. The zero-order valence-corrected chi connectivity index (χ0v) is 21.5. The minimum absolute atomic E-state index is 0.0650. The Morgan fingerprint density at radius 3 is 2.29 bits per heavy atom. The molecule has 3 aromatic carbocycles. The number of amides is 2. The standard InChI is InChI=1S/C29H33ClN2O3/c1-20(2)31-29(34)27(17-23-10-6-5-7-11-23)32(18-24-12-8-9-13-26(24)30)28(33)19-35-25-15-14-21(3)22(4)16-25/h5-16,20,27H,17-19H2,1-4H3,(H,31,34)/t27-/m1/s1. The highest BCUT2D eigenvalue weighted by Crippen LogP contribution is 2.21. The monoisotopic (exact) mass is 492 g/mol. The summed E-state index contributed by atoms with van der Waals surface area (Å²) in [5.41, 5.74) is 3.96. The maximum Gasteiger partial charge on any atom is 0.261 e. The third kappa shape index (κ3) is 7.59. The average Bonchev–Trinajstić information content (AvgIpc) is 2.83. The lowest BCUT2D eigenvalue weighted by molar-refractivity contribution is -0.143. The maximum absolute atomic E-state index is 13.6. The van der Waals surface area contributed by atoms with Crippen LogP contribution in [0.2, 0.25) is 5.02 Å². The van der Waals surface area contributed by atoms with E-state index in [-0.39, 0.29) is 31.0 Å². The van der Waals surface area contributed by atoms with E-state index in [2.05, 4.69) is 5.32 Å². The Morgan fingerprint density at radius 1 is 0.943 bits per heavy atom. The molecule has 3 aromatic rings. The summed E-state index contributed by atoms with van der Waals surface area (Å²) in [6.07, 6.45) is 0.374. The molecule has 1 N–H and O–H groups in total. The number of carbonyl (C=O) groups is 2. The van der Waals surface area contributed by atoms with Crippen molar-refractivity contribution in [1.82, 2.24) is 10.2 Å². The van der Waals surface area contributed by atoms with Gasteiger partial charge in [0.15, 0.2) is 6.61 Å². The van der Waals surface area contributed by atoms with Crippen molar-refractivity contribution < 1.29 is 14.3 Å². The van der Waals surface area contributed by atoms with Gasteiger partial charge >= 0.3 is 0 Å². The molecule has 0 spiro atoms. The van der Waals surface area contributed by atoms with E-state index < -0.39 is 6.04 Å². The van der Waals surface area contributed by atoms with Crippen LogP contribution in [-0.4, -0.2) is 35.4 Å². The first-order valence-electron chi connectivity index (χ1n) is 11.8. The van der Waals surface area contributed by atoms with Crippen molar-refractivity contribution in [2.75, 3.05) is 6.61 Å². The predicted octanol–water partition coefficient (Wildman–Crippen LogP) is 5.50. The molecule has 0 unspecified atom stereocenters. The summed E-state index contributed by atoms with van der Waals surface area (Å²) in [6, 6.07) is 22.0. The van der Waals surface area contributed by atoms with Gasteiger partial charge in [-0.2, -0.15) is 0 Å². The van der Waals surface area contributed by atoms with E-state index in [9.17, 15) is 9.59 Å². The van der Waals surface area contributed by atoms with Crippen molar-refractivity contribution >= 4 is 23.4 Å². The molecule has 1 atom stereocenters. The lowest BCUT2D eigenvalue weighted by Gasteiger charge is -2.32. The van der Waals surface area contributed by atoms with Crippen molar-refractivity contribution in [3.8, 4) is 5.75 Å². The first-order valence-corrected chi connectivity index (χ1v) is 12.2. The van der Waals surface area contributed by atoms with Crippen LogP contribution in [0.5, 0.6) is 5.75 Å². The fraction of sp³-hybridized carbons (Fsp3) is 0.310. The molecular weight excluding hydrogens is 460 g/mol. The van der Waals surface area contributed by atoms with Crippen LogP contribution in [-0.2, 0) is 22.6 Å². The fourth-order valence-electron chi connectivity index (χ4n) is 3.78. The number of aryl methyl sites for hydroxylation is 2. The van der Waals surface area contributed by atoms with Gasteiger partial charge in [-0.1, -0.05) is 66.2 Å². The van der Waals surface area contributed by atoms with Crippen LogP contribution in [0, 0.1) is 13.8 Å². The zero-order valence-electron chi connectivity index (χ0n) is 20.8. The molecule has 0 bridgehead atoms. The van der Waals surface area contributed by atoms with Crippen LogP contribution in [0.3, 0.4) is 0 Å². The minimum atomic E-state index is -0.730. The Labute approximate surface area is 213 Å². The Balaban J connectivity index is 1.92. The van der Waals surface area contributed by atoms with Crippen LogP contribution in [0.15, 0.2) is 72.8 Å². The van der Waals surface area contributed by atoms with Crippen molar-refractivity contribution in [1.29, 1.82) is 0 Å². The molecular formula is C29H33ClN2O3. The van der Waals surface area contributed by atoms with Gasteiger partial charge in [0.1, 0.15) is 11.8 Å². The molecule has 0 aliphatic heterocycles. The van der Waals surface area contributed by atoms with Gasteiger partial charge in [0.05, 0.1) is 0 Å². The van der Waals surface area contributed by atoms with Gasteiger partial charge in [-0.25, -0.2) is 0 Å². The second-order valence-corrected chi connectivity index (χ2v) is 9.42. The van der Waals surface area contributed by atoms with Crippen LogP contribution < -0.4 is 10.1 Å². The highest BCUT2D eigenvalue weighted by Gasteiger charge is 2.31. The van der Waals surface area contributed by atoms with E-state index in [1.165, 1.54) is 0 Å². The summed E-state index contributed by atoms with van der Waals surface area (Å²) < 4.78 is 5.86. The summed E-state index contributed by atoms with van der Waals surface area (Å²) in [5.74, 6) is 0.115. The molecule has 0 aliphatic rings. The SMILES string of the molecule is Cc1ccc(OCC(=O)N(Cc2ccccc2Cl)[C@H](Cc2ccccc2)C(=O)NC(C)C)cc1C. The molecule has 35 heavy (non-hydrogen) atoms. The molecule has 2 amide bonds. The Bertz CT molecular complexity index is 1150. The first kappa shape index (κ1) is 26.3. The van der Waals surface area contributed by atoms with Gasteiger partial charge in [0, 0.05) is 24.0 Å². The quantitative estimate of drug-likeness (QED) is 0.406. The summed E-state index contributed by atoms with van der Waals surface area (Å²) in [4.78, 5) is 28.5. The number of ether oxygens (including phenoxy) is 1. The van der Waals surface area contributed by atoms with Gasteiger partial charge in [0.2, 0.25) is 5.91 Å². The summed E-state index contributed by atoms with van der Waals surface area (Å²) in [7, 11) is 0. The molecule has 0 fully saturated rings. The van der Waals surface area contributed by atoms with Gasteiger partial charge in [0.25, 0.3) is 5.91 Å². The van der Waals surface area contributed by atoms with E-state index in [1.54, 1.807) is 11.0 Å². The largest absolute Gasteiger partial charge is 0.484 e. The normalized spacial score (nSPS) is 11.7. The fourth-order valence-corrected chi connectivity index (χ4v) is 3.97. The first-order chi connectivity index (χ1) is 16.7. The van der Waals surface area contributed by atoms with Gasteiger partial charge in [-0.3, -0.25) is 9.59 Å². The number of benzene rings is 3. The van der Waals surface area contributed by atoms with Gasteiger partial charge < -0.3 is 15.0 Å². The van der Waals surface area contributed by atoms with Crippen molar-refractivity contribution in [2.24, 2.45) is 0 Å². The second kappa shape index (κ2) is 12.4. The van der Waals surface area contributed by atoms with Crippen LogP contribution in [0.1, 0.15) is 36.1 Å². The number of hydrogen-bond acceptors (Lipinski definition) is 3. The molecule has 6 heteroatoms. The molecule has 0 saturated carbocycles. The Morgan fingerprint density at radius 2 is 1.63 bits per heavy atom. The molecule has 0 heterocycles. The predicted molar refractivity (Wildman–Crippen MR) is 141 cm³/mol. The Kier molecular flexibility index (Phi) is 9.32. The smallest absolute Gasteiger partial charge is 0.261 e. The van der Waals surface area contributed by atoms with Crippen molar-refractivity contribution in [3.05, 3.63) is 100 Å². The van der Waals surface area contributed by atoms with E-state index in [4.69, 9.17) is 16.3 Å². The van der Waals surface area contributed by atoms with Crippen LogP contribution >= 0.6 is 11.6 Å². The zero-order chi connectivity index (χ0) is 25.4. The molecule has 3 rings (SSSR count). The molecule has 0 aromatic heterocycles. The van der Waals surface area contributed by atoms with Gasteiger partial charge in [-0.05, 0) is 68.1 Å². The molecule has 184 valence electrons. The van der Waals surface area contributed by atoms with E-state index in [1.807, 2.05) is 94.4 Å². The number of carbonyl (C=O) groups excluding carboxylic acids is 2. The van der Waals surface area contributed by atoms with Crippen molar-refractivity contribution in [3.63, 3.8) is 0 Å². The number of nitrogens with zero attached hydrogens (tertiary/aromatic N) is 1. The Hall–Kier alpha value is -3.31. The number of rotatable bonds is 10. The third-order valence-corrected chi connectivity index (χ3v) is 6.21. The van der Waals surface area contributed by atoms with Crippen LogP contribution in [0.25, 0.3) is 0 Å². The van der Waals surface area contributed by atoms with E-state index >= 15 is 0 Å². The highest BCUT2D eigenvalue weighted by atomic mass is 35.5.